The molecule has 3 rings (SSSR count). The van der Waals surface area contributed by atoms with E-state index < -0.39 is 25.1 Å². The molecule has 26 heavy (non-hydrogen) atoms. The third kappa shape index (κ3) is 3.10. The minimum absolute atomic E-state index is 0.00221. The minimum Gasteiger partial charge on any atom is -0.398 e. The first-order chi connectivity index (χ1) is 12.0. The van der Waals surface area contributed by atoms with Gasteiger partial charge in [-0.15, -0.1) is 0 Å². The van der Waals surface area contributed by atoms with Gasteiger partial charge < -0.3 is 11.5 Å². The molecule has 0 unspecified atom stereocenters. The Morgan fingerprint density at radius 1 is 0.692 bits per heavy atom. The van der Waals surface area contributed by atoms with Gasteiger partial charge in [-0.05, 0) is 29.1 Å². The molecule has 0 bridgehead atoms. The maximum atomic E-state index is 11.6. The number of anilines is 2. The lowest BCUT2D eigenvalue weighted by Gasteiger charge is -2.14. The Labute approximate surface area is 149 Å². The standard InChI is InChI=1S/C16H14N2O6S2/c17-12-6-5-9(7-15(12)26(22,23)24)16-11-4-2-1-3-10(11)14(8-13(16)18)25(19,20)21/h1-8H,17-18H2,(H,19,20,21)(H,22,23,24). The van der Waals surface area contributed by atoms with Crippen LogP contribution in [0.1, 0.15) is 0 Å². The summed E-state index contributed by atoms with van der Waals surface area (Å²) in [5.74, 6) is 0. The van der Waals surface area contributed by atoms with Gasteiger partial charge >= 0.3 is 0 Å². The molecule has 3 aromatic carbocycles. The third-order valence-electron chi connectivity index (χ3n) is 3.90. The molecule has 0 fully saturated rings. The lowest BCUT2D eigenvalue weighted by molar-refractivity contribution is 0.481. The smallest absolute Gasteiger partial charge is 0.296 e. The summed E-state index contributed by atoms with van der Waals surface area (Å²) in [4.78, 5) is -0.850. The van der Waals surface area contributed by atoms with Gasteiger partial charge in [0.05, 0.1) is 5.69 Å². The van der Waals surface area contributed by atoms with Crippen LogP contribution in [0.3, 0.4) is 0 Å². The maximum absolute atomic E-state index is 11.6. The number of hydrogen-bond donors (Lipinski definition) is 4. The SMILES string of the molecule is Nc1ccc(-c2c(N)cc(S(=O)(=O)O)c3ccccc23)cc1S(=O)(=O)O. The van der Waals surface area contributed by atoms with E-state index in [0.29, 0.717) is 16.5 Å². The molecule has 0 heterocycles. The summed E-state index contributed by atoms with van der Waals surface area (Å²) in [5, 5.41) is 0.593. The molecular formula is C16H14N2O6S2. The van der Waals surface area contributed by atoms with Crippen molar-refractivity contribution < 1.29 is 25.9 Å². The van der Waals surface area contributed by atoms with Crippen molar-refractivity contribution >= 4 is 42.4 Å². The Morgan fingerprint density at radius 2 is 1.27 bits per heavy atom. The predicted molar refractivity (Wildman–Crippen MR) is 97.8 cm³/mol. The van der Waals surface area contributed by atoms with Crippen LogP contribution in [0.15, 0.2) is 58.3 Å². The van der Waals surface area contributed by atoms with E-state index in [0.717, 1.165) is 12.1 Å². The van der Waals surface area contributed by atoms with Crippen LogP contribution < -0.4 is 11.5 Å². The number of benzene rings is 3. The van der Waals surface area contributed by atoms with E-state index in [2.05, 4.69) is 0 Å². The van der Waals surface area contributed by atoms with Crippen molar-refractivity contribution in [3.63, 3.8) is 0 Å². The Hall–Kier alpha value is -2.66. The van der Waals surface area contributed by atoms with Crippen molar-refractivity contribution in [1.82, 2.24) is 0 Å². The van der Waals surface area contributed by atoms with Gasteiger partial charge in [-0.25, -0.2) is 0 Å². The van der Waals surface area contributed by atoms with Crippen molar-refractivity contribution in [2.75, 3.05) is 11.5 Å². The van der Waals surface area contributed by atoms with Gasteiger partial charge in [0.1, 0.15) is 9.79 Å². The van der Waals surface area contributed by atoms with Gasteiger partial charge in [-0.2, -0.15) is 16.8 Å². The lowest BCUT2D eigenvalue weighted by Crippen LogP contribution is -2.05. The Balaban J connectivity index is 2.44. The molecule has 0 amide bonds. The number of nitrogens with two attached hydrogens (primary N) is 2. The Kier molecular flexibility index (Phi) is 4.15. The van der Waals surface area contributed by atoms with Gasteiger partial charge in [-0.3, -0.25) is 9.11 Å². The molecule has 0 saturated carbocycles. The van der Waals surface area contributed by atoms with E-state index in [1.165, 1.54) is 18.2 Å². The first-order valence-electron chi connectivity index (χ1n) is 7.16. The van der Waals surface area contributed by atoms with Crippen LogP contribution in [0.25, 0.3) is 21.9 Å². The highest BCUT2D eigenvalue weighted by molar-refractivity contribution is 7.86. The zero-order valence-corrected chi connectivity index (χ0v) is 14.8. The van der Waals surface area contributed by atoms with Crippen LogP contribution in [0.2, 0.25) is 0 Å². The molecule has 8 nitrogen and oxygen atoms in total. The molecule has 10 heteroatoms. The molecule has 0 aliphatic heterocycles. The molecule has 3 aromatic rings. The monoisotopic (exact) mass is 394 g/mol. The van der Waals surface area contributed by atoms with E-state index in [1.807, 2.05) is 0 Å². The third-order valence-corrected chi connectivity index (χ3v) is 5.70. The van der Waals surface area contributed by atoms with E-state index in [9.17, 15) is 25.9 Å². The molecule has 0 atom stereocenters. The molecule has 136 valence electrons. The van der Waals surface area contributed by atoms with Gasteiger partial charge in [0.25, 0.3) is 20.2 Å². The van der Waals surface area contributed by atoms with Crippen molar-refractivity contribution in [3.8, 4) is 11.1 Å². The summed E-state index contributed by atoms with van der Waals surface area (Å²) >= 11 is 0. The normalized spacial score (nSPS) is 12.4. The van der Waals surface area contributed by atoms with Crippen LogP contribution in [-0.4, -0.2) is 25.9 Å². The highest BCUT2D eigenvalue weighted by atomic mass is 32.2. The Bertz CT molecular complexity index is 1250. The van der Waals surface area contributed by atoms with Crippen molar-refractivity contribution in [3.05, 3.63) is 48.5 Å². The van der Waals surface area contributed by atoms with Gasteiger partial charge in [0, 0.05) is 16.6 Å². The highest BCUT2D eigenvalue weighted by Crippen LogP contribution is 2.39. The van der Waals surface area contributed by atoms with E-state index in [4.69, 9.17) is 11.5 Å². The summed E-state index contributed by atoms with van der Waals surface area (Å²) < 4.78 is 65.1. The van der Waals surface area contributed by atoms with Crippen molar-refractivity contribution in [2.24, 2.45) is 0 Å². The topological polar surface area (TPSA) is 161 Å². The van der Waals surface area contributed by atoms with Crippen LogP contribution in [0.4, 0.5) is 11.4 Å². The fourth-order valence-corrected chi connectivity index (χ4v) is 4.19. The zero-order chi connectivity index (χ0) is 19.3. The maximum Gasteiger partial charge on any atom is 0.296 e. The van der Waals surface area contributed by atoms with Crippen molar-refractivity contribution in [2.45, 2.75) is 9.79 Å². The second kappa shape index (κ2) is 5.95. The van der Waals surface area contributed by atoms with Gasteiger partial charge in [0.15, 0.2) is 0 Å². The average molecular weight is 394 g/mol. The van der Waals surface area contributed by atoms with Crippen LogP contribution in [0.5, 0.6) is 0 Å². The second-order valence-corrected chi connectivity index (χ2v) is 8.37. The molecule has 6 N–H and O–H groups in total. The lowest BCUT2D eigenvalue weighted by atomic mass is 9.96. The van der Waals surface area contributed by atoms with Crippen molar-refractivity contribution in [1.29, 1.82) is 0 Å². The Morgan fingerprint density at radius 3 is 1.85 bits per heavy atom. The van der Waals surface area contributed by atoms with Crippen LogP contribution in [-0.2, 0) is 20.2 Å². The van der Waals surface area contributed by atoms with Crippen LogP contribution in [0, 0.1) is 0 Å². The zero-order valence-electron chi connectivity index (χ0n) is 13.1. The first-order valence-corrected chi connectivity index (χ1v) is 10.0. The van der Waals surface area contributed by atoms with Gasteiger partial charge in [-0.1, -0.05) is 30.3 Å². The van der Waals surface area contributed by atoms with Crippen LogP contribution >= 0.6 is 0 Å². The molecule has 0 saturated heterocycles. The summed E-state index contributed by atoms with van der Waals surface area (Å²) in [6.07, 6.45) is 0. The molecular weight excluding hydrogens is 380 g/mol. The number of fused-ring (bicyclic) bond motifs is 1. The minimum atomic E-state index is -4.56. The molecule has 0 spiro atoms. The first kappa shape index (κ1) is 18.1. The van der Waals surface area contributed by atoms with Gasteiger partial charge in [0.2, 0.25) is 0 Å². The molecule has 0 radical (unpaired) electrons. The largest absolute Gasteiger partial charge is 0.398 e. The number of hydrogen-bond acceptors (Lipinski definition) is 6. The van der Waals surface area contributed by atoms with E-state index in [-0.39, 0.29) is 21.7 Å². The fraction of sp³-hybridized carbons (Fsp3) is 0. The quantitative estimate of drug-likeness (QED) is 0.388. The molecule has 0 aromatic heterocycles. The molecule has 0 aliphatic rings. The van der Waals surface area contributed by atoms with E-state index in [1.54, 1.807) is 18.2 Å². The summed E-state index contributed by atoms with van der Waals surface area (Å²) in [5.41, 5.74) is 12.1. The fourth-order valence-electron chi connectivity index (χ4n) is 2.81. The van der Waals surface area contributed by atoms with E-state index >= 15 is 0 Å². The molecule has 0 aliphatic carbocycles. The number of nitrogen functional groups attached to an aromatic ring is 2. The summed E-state index contributed by atoms with van der Waals surface area (Å²) in [6.45, 7) is 0. The number of rotatable bonds is 3. The average Bonchev–Trinajstić information content (AvgIpc) is 2.53. The summed E-state index contributed by atoms with van der Waals surface area (Å²) in [7, 11) is -9.09. The predicted octanol–water partition coefficient (Wildman–Crippen LogP) is 2.16. The second-order valence-electron chi connectivity index (χ2n) is 5.59. The summed E-state index contributed by atoms with van der Waals surface area (Å²) in [6, 6.07) is 11.3. The highest BCUT2D eigenvalue weighted by Gasteiger charge is 2.21.